The van der Waals surface area contributed by atoms with Crippen LogP contribution >= 0.6 is 0 Å². The molecule has 0 bridgehead atoms. The first-order valence-electron chi connectivity index (χ1n) is 13.3. The van der Waals surface area contributed by atoms with Crippen molar-refractivity contribution in [1.82, 2.24) is 9.62 Å². The molecular formula is C30H46N2O6S. The number of methoxy groups -OCH3 is 1. The van der Waals surface area contributed by atoms with E-state index < -0.39 is 33.9 Å². The molecule has 0 saturated carbocycles. The Morgan fingerprint density at radius 3 is 2.08 bits per heavy atom. The smallest absolute Gasteiger partial charge is 0.407 e. The molecule has 39 heavy (non-hydrogen) atoms. The van der Waals surface area contributed by atoms with E-state index in [1.807, 2.05) is 52.0 Å². The van der Waals surface area contributed by atoms with Crippen LogP contribution in [0, 0.1) is 5.92 Å². The van der Waals surface area contributed by atoms with E-state index >= 15 is 0 Å². The normalized spacial score (nSPS) is 13.2. The first-order chi connectivity index (χ1) is 18.2. The molecule has 9 heteroatoms. The van der Waals surface area contributed by atoms with Gasteiger partial charge in [0.1, 0.15) is 11.4 Å². The topological polar surface area (TPSA) is 105 Å². The van der Waals surface area contributed by atoms with Crippen LogP contribution in [0.2, 0.25) is 0 Å². The molecule has 1 amide bonds. The molecule has 0 saturated heterocycles. The number of benzene rings is 2. The van der Waals surface area contributed by atoms with Gasteiger partial charge in [0.05, 0.1) is 24.2 Å². The Morgan fingerprint density at radius 1 is 1.05 bits per heavy atom. The molecule has 2 atom stereocenters. The van der Waals surface area contributed by atoms with Crippen molar-refractivity contribution in [3.63, 3.8) is 0 Å². The highest BCUT2D eigenvalue weighted by atomic mass is 32.2. The van der Waals surface area contributed by atoms with E-state index in [4.69, 9.17) is 9.47 Å². The van der Waals surface area contributed by atoms with Gasteiger partial charge in [0.2, 0.25) is 10.0 Å². The summed E-state index contributed by atoms with van der Waals surface area (Å²) in [6.07, 6.45) is 0.102. The number of nitrogens with zero attached hydrogens (tertiary/aromatic N) is 1. The van der Waals surface area contributed by atoms with E-state index in [9.17, 15) is 18.3 Å². The Labute approximate surface area is 235 Å². The zero-order valence-electron chi connectivity index (χ0n) is 24.6. The molecule has 0 unspecified atom stereocenters. The Bertz CT molecular complexity index is 1120. The Morgan fingerprint density at radius 2 is 1.62 bits per heavy atom. The number of carbonyl (C=O) groups excluding carboxylic acids is 1. The first-order valence-corrected chi connectivity index (χ1v) is 14.7. The zero-order chi connectivity index (χ0) is 29.8. The number of sulfonamides is 1. The van der Waals surface area contributed by atoms with Gasteiger partial charge in [0.25, 0.3) is 0 Å². The molecule has 0 aromatic heterocycles. The van der Waals surface area contributed by atoms with Crippen molar-refractivity contribution in [2.24, 2.45) is 5.92 Å². The summed E-state index contributed by atoms with van der Waals surface area (Å²) in [4.78, 5) is 12.7. The summed E-state index contributed by atoms with van der Waals surface area (Å²) in [6.45, 7) is 16.8. The fraction of sp³-hybridized carbons (Fsp3) is 0.500. The monoisotopic (exact) mass is 562 g/mol. The maximum Gasteiger partial charge on any atom is 0.407 e. The van der Waals surface area contributed by atoms with Gasteiger partial charge in [-0.2, -0.15) is 4.31 Å². The molecule has 2 N–H and O–H groups in total. The van der Waals surface area contributed by atoms with Gasteiger partial charge in [-0.15, -0.1) is 0 Å². The van der Waals surface area contributed by atoms with Gasteiger partial charge < -0.3 is 19.9 Å². The lowest BCUT2D eigenvalue weighted by Crippen LogP contribution is -2.51. The highest BCUT2D eigenvalue weighted by Gasteiger charge is 2.32. The van der Waals surface area contributed by atoms with E-state index in [1.54, 1.807) is 39.0 Å². The molecule has 218 valence electrons. The number of aliphatic hydroxyl groups is 1. The molecule has 8 nitrogen and oxygen atoms in total. The lowest BCUT2D eigenvalue weighted by atomic mass is 10.00. The van der Waals surface area contributed by atoms with Crippen molar-refractivity contribution in [3.05, 3.63) is 66.2 Å². The van der Waals surface area contributed by atoms with E-state index in [-0.39, 0.29) is 30.3 Å². The lowest BCUT2D eigenvalue weighted by molar-refractivity contribution is 0.0400. The molecule has 0 aliphatic carbocycles. The molecule has 0 fully saturated rings. The molecule has 0 heterocycles. The number of alkyl carbamates (subject to hydrolysis) is 1. The predicted octanol–water partition coefficient (Wildman–Crippen LogP) is 5.51. The fourth-order valence-corrected chi connectivity index (χ4v) is 5.32. The minimum Gasteiger partial charge on any atom is -0.497 e. The third-order valence-corrected chi connectivity index (χ3v) is 7.34. The van der Waals surface area contributed by atoms with Crippen LogP contribution in [-0.4, -0.2) is 61.9 Å². The quantitative estimate of drug-likeness (QED) is 0.354. The van der Waals surface area contributed by atoms with Crippen LogP contribution in [0.4, 0.5) is 4.79 Å². The summed E-state index contributed by atoms with van der Waals surface area (Å²) in [5.74, 6) is 0.544. The molecule has 2 rings (SSSR count). The van der Waals surface area contributed by atoms with Crippen molar-refractivity contribution < 1.29 is 27.8 Å². The van der Waals surface area contributed by atoms with Crippen LogP contribution < -0.4 is 10.1 Å². The molecule has 2 aromatic rings. The summed E-state index contributed by atoms with van der Waals surface area (Å²) in [5.41, 5.74) is 1.07. The van der Waals surface area contributed by atoms with Crippen LogP contribution in [-0.2, 0) is 21.2 Å². The SMILES string of the molecule is C=Cc1ccc(C[C@H](NC(=O)OC(C)(C)C)[C@H](O)CN(CC(C)C)S(=O)(=O)c2ccc(OC)cc2)cc1.CC. The van der Waals surface area contributed by atoms with Crippen LogP contribution in [0.3, 0.4) is 0 Å². The van der Waals surface area contributed by atoms with Crippen molar-refractivity contribution >= 4 is 22.2 Å². The highest BCUT2D eigenvalue weighted by Crippen LogP contribution is 2.22. The first kappa shape index (κ1) is 34.1. The second-order valence-electron chi connectivity index (χ2n) is 10.4. The third-order valence-electron chi connectivity index (χ3n) is 5.49. The van der Waals surface area contributed by atoms with Crippen molar-refractivity contribution in [2.75, 3.05) is 20.2 Å². The fourth-order valence-electron chi connectivity index (χ4n) is 3.70. The maximum absolute atomic E-state index is 13.5. The number of rotatable bonds is 12. The number of amides is 1. The van der Waals surface area contributed by atoms with Crippen LogP contribution in [0.5, 0.6) is 5.75 Å². The summed E-state index contributed by atoms with van der Waals surface area (Å²) in [7, 11) is -2.42. The van der Waals surface area contributed by atoms with Gasteiger partial charge in [-0.3, -0.25) is 0 Å². The van der Waals surface area contributed by atoms with Crippen molar-refractivity contribution in [2.45, 2.75) is 77.5 Å². The van der Waals surface area contributed by atoms with Crippen LogP contribution in [0.15, 0.2) is 60.0 Å². The molecule has 0 radical (unpaired) electrons. The number of ether oxygens (including phenoxy) is 2. The second kappa shape index (κ2) is 15.6. The van der Waals surface area contributed by atoms with Gasteiger partial charge in [-0.1, -0.05) is 64.6 Å². The second-order valence-corrected chi connectivity index (χ2v) is 12.3. The molecular weight excluding hydrogens is 516 g/mol. The van der Waals surface area contributed by atoms with Gasteiger partial charge in [-0.25, -0.2) is 13.2 Å². The Kier molecular flexibility index (Phi) is 13.7. The van der Waals surface area contributed by atoms with Gasteiger partial charge >= 0.3 is 6.09 Å². The number of hydrogen-bond acceptors (Lipinski definition) is 6. The minimum absolute atomic E-state index is 0.00364. The summed E-state index contributed by atoms with van der Waals surface area (Å²) in [5, 5.41) is 14.0. The maximum atomic E-state index is 13.5. The Balaban J connectivity index is 0.00000371. The zero-order valence-corrected chi connectivity index (χ0v) is 25.4. The molecule has 2 aromatic carbocycles. The molecule has 0 aliphatic heterocycles. The summed E-state index contributed by atoms with van der Waals surface area (Å²) >= 11 is 0. The van der Waals surface area contributed by atoms with Crippen LogP contribution in [0.25, 0.3) is 6.08 Å². The largest absolute Gasteiger partial charge is 0.497 e. The molecule has 0 aliphatic rings. The highest BCUT2D eigenvalue weighted by molar-refractivity contribution is 7.89. The molecule has 0 spiro atoms. The third kappa shape index (κ3) is 11.4. The van der Waals surface area contributed by atoms with E-state index in [1.165, 1.54) is 23.5 Å². The summed E-state index contributed by atoms with van der Waals surface area (Å²) < 4.78 is 38.8. The number of aliphatic hydroxyl groups excluding tert-OH is 1. The van der Waals surface area contributed by atoms with Crippen molar-refractivity contribution in [3.8, 4) is 5.75 Å². The number of nitrogens with one attached hydrogen (secondary N) is 1. The average molecular weight is 563 g/mol. The standard InChI is InChI=1S/C28H40N2O6S.C2H6/c1-8-21-9-11-22(12-10-21)17-25(29-27(32)36-28(4,5)6)26(31)19-30(18-20(2)3)37(33,34)24-15-13-23(35-7)14-16-24;1-2/h8-16,20,25-26,31H,1,17-19H2,2-7H3,(H,29,32);1-2H3/t25-,26+;/m0./s1. The number of carbonyl (C=O) groups is 1. The van der Waals surface area contributed by atoms with Crippen molar-refractivity contribution in [1.29, 1.82) is 0 Å². The van der Waals surface area contributed by atoms with Gasteiger partial charge in [0.15, 0.2) is 0 Å². The number of hydrogen-bond donors (Lipinski definition) is 2. The van der Waals surface area contributed by atoms with Gasteiger partial charge in [0, 0.05) is 13.1 Å². The van der Waals surface area contributed by atoms with Crippen LogP contribution in [0.1, 0.15) is 59.6 Å². The lowest BCUT2D eigenvalue weighted by Gasteiger charge is -2.31. The minimum atomic E-state index is -3.93. The van der Waals surface area contributed by atoms with E-state index in [2.05, 4.69) is 11.9 Å². The predicted molar refractivity (Wildman–Crippen MR) is 157 cm³/mol. The average Bonchev–Trinajstić information content (AvgIpc) is 2.88. The summed E-state index contributed by atoms with van der Waals surface area (Å²) in [6, 6.07) is 12.9. The van der Waals surface area contributed by atoms with E-state index in [0.29, 0.717) is 5.75 Å². The van der Waals surface area contributed by atoms with Gasteiger partial charge in [-0.05, 0) is 68.5 Å². The van der Waals surface area contributed by atoms with E-state index in [0.717, 1.165) is 11.1 Å². The Hall–Kier alpha value is -2.88.